The predicted octanol–water partition coefficient (Wildman–Crippen LogP) is 5.79. The molecule has 1 atom stereocenters. The quantitative estimate of drug-likeness (QED) is 0.271. The molecule has 0 spiro atoms. The van der Waals surface area contributed by atoms with Crippen molar-refractivity contribution >= 4 is 40.8 Å². The molecule has 174 valence electrons. The molecule has 0 radical (unpaired) electrons. The van der Waals surface area contributed by atoms with E-state index in [1.807, 2.05) is 24.3 Å². The van der Waals surface area contributed by atoms with Gasteiger partial charge < -0.3 is 5.32 Å². The molecule has 0 amide bonds. The first-order chi connectivity index (χ1) is 16.2. The molecule has 0 saturated carbocycles. The molecule has 5 rings (SSSR count). The van der Waals surface area contributed by atoms with Gasteiger partial charge in [0.2, 0.25) is 11.1 Å². The van der Waals surface area contributed by atoms with Crippen LogP contribution in [0.15, 0.2) is 65.0 Å². The number of non-ortho nitro benzene ring substituents is 1. The lowest BCUT2D eigenvalue weighted by Gasteiger charge is -2.38. The smallest absolute Gasteiger partial charge is 0.269 e. The Labute approximate surface area is 205 Å². The van der Waals surface area contributed by atoms with Gasteiger partial charge in [0.25, 0.3) is 5.69 Å². The van der Waals surface area contributed by atoms with Crippen LogP contribution in [0, 0.1) is 15.5 Å². The Morgan fingerprint density at radius 3 is 2.56 bits per heavy atom. The van der Waals surface area contributed by atoms with Crippen LogP contribution in [0.2, 0.25) is 5.02 Å². The summed E-state index contributed by atoms with van der Waals surface area (Å²) in [6.45, 7) is 4.19. The fourth-order valence-corrected chi connectivity index (χ4v) is 5.38. The molecule has 10 heteroatoms. The number of thioether (sulfide) groups is 1. The highest BCUT2D eigenvalue weighted by molar-refractivity contribution is 7.98. The number of nitrogens with one attached hydrogen (secondary N) is 1. The van der Waals surface area contributed by atoms with Crippen LogP contribution in [-0.4, -0.2) is 25.5 Å². The number of nitro benzene ring substituents is 1. The van der Waals surface area contributed by atoms with E-state index in [9.17, 15) is 14.9 Å². The minimum Gasteiger partial charge on any atom is -0.328 e. The Balaban J connectivity index is 1.47. The van der Waals surface area contributed by atoms with Crippen LogP contribution in [0.4, 0.5) is 11.6 Å². The van der Waals surface area contributed by atoms with Crippen LogP contribution < -0.4 is 5.32 Å². The van der Waals surface area contributed by atoms with E-state index in [0.29, 0.717) is 28.3 Å². The summed E-state index contributed by atoms with van der Waals surface area (Å²) < 4.78 is 1.77. The van der Waals surface area contributed by atoms with Gasteiger partial charge in [-0.15, -0.1) is 5.10 Å². The van der Waals surface area contributed by atoms with Crippen LogP contribution in [0.5, 0.6) is 0 Å². The minimum atomic E-state index is -0.415. The maximum atomic E-state index is 13.3. The molecule has 2 heterocycles. The SMILES string of the molecule is CC1(C)CC(=O)C2=C(C1)Nc1nc(SCc3ccc([N+](=O)[O-])cc3)nn1[C@H]2c1ccc(Cl)cc1. The number of anilines is 1. The summed E-state index contributed by atoms with van der Waals surface area (Å²) in [6.07, 6.45) is 1.22. The molecule has 3 aromatic rings. The number of hydrogen-bond acceptors (Lipinski definition) is 7. The maximum absolute atomic E-state index is 13.3. The maximum Gasteiger partial charge on any atom is 0.269 e. The van der Waals surface area contributed by atoms with Gasteiger partial charge in [0.1, 0.15) is 6.04 Å². The number of nitro groups is 1. The van der Waals surface area contributed by atoms with E-state index >= 15 is 0 Å². The topological polar surface area (TPSA) is 103 Å². The van der Waals surface area contributed by atoms with Crippen molar-refractivity contribution in [2.45, 2.75) is 43.6 Å². The third-order valence-electron chi connectivity index (χ3n) is 6.01. The Bertz CT molecular complexity index is 1320. The second-order valence-corrected chi connectivity index (χ2v) is 10.7. The number of aromatic nitrogens is 3. The molecule has 1 N–H and O–H groups in total. The van der Waals surface area contributed by atoms with Crippen molar-refractivity contribution in [3.63, 3.8) is 0 Å². The van der Waals surface area contributed by atoms with E-state index < -0.39 is 4.92 Å². The van der Waals surface area contributed by atoms with Gasteiger partial charge in [-0.2, -0.15) is 4.98 Å². The van der Waals surface area contributed by atoms with Crippen LogP contribution >= 0.6 is 23.4 Å². The summed E-state index contributed by atoms with van der Waals surface area (Å²) in [5.74, 6) is 1.27. The van der Waals surface area contributed by atoms with Crippen molar-refractivity contribution in [3.05, 3.63) is 86.1 Å². The molecule has 0 bridgehead atoms. The average molecular weight is 496 g/mol. The Morgan fingerprint density at radius 1 is 1.18 bits per heavy atom. The summed E-state index contributed by atoms with van der Waals surface area (Å²) >= 11 is 7.56. The van der Waals surface area contributed by atoms with Gasteiger partial charge in [-0.3, -0.25) is 14.9 Å². The highest BCUT2D eigenvalue weighted by Gasteiger charge is 2.41. The summed E-state index contributed by atoms with van der Waals surface area (Å²) in [6, 6.07) is 13.5. The van der Waals surface area contributed by atoms with E-state index in [0.717, 1.165) is 28.8 Å². The number of nitrogens with zero attached hydrogens (tertiary/aromatic N) is 4. The monoisotopic (exact) mass is 495 g/mol. The van der Waals surface area contributed by atoms with Gasteiger partial charge in [0, 0.05) is 40.6 Å². The molecule has 8 nitrogen and oxygen atoms in total. The number of halogens is 1. The molecule has 0 fully saturated rings. The standard InChI is InChI=1S/C24H22ClN5O3S/c1-24(2)11-18-20(19(31)12-24)21(15-5-7-16(25)8-6-15)29-22(26-18)27-23(28-29)34-13-14-3-9-17(10-4-14)30(32)33/h3-10,21H,11-13H2,1-2H3,(H,26,27,28)/t21-/m0/s1. The number of Topliss-reactive ketones (excluding diaryl/α,β-unsaturated/α-hetero) is 1. The largest absolute Gasteiger partial charge is 0.328 e. The lowest BCUT2D eigenvalue weighted by Crippen LogP contribution is -2.36. The van der Waals surface area contributed by atoms with Crippen LogP contribution in [0.1, 0.15) is 43.9 Å². The first-order valence-electron chi connectivity index (χ1n) is 10.8. The number of carbonyl (C=O) groups is 1. The van der Waals surface area contributed by atoms with Crippen LogP contribution in [0.25, 0.3) is 0 Å². The predicted molar refractivity (Wildman–Crippen MR) is 131 cm³/mol. The minimum absolute atomic E-state index is 0.0589. The number of carbonyl (C=O) groups excluding carboxylic acids is 1. The Morgan fingerprint density at radius 2 is 1.88 bits per heavy atom. The second kappa shape index (κ2) is 8.56. The van der Waals surface area contributed by atoms with Crippen molar-refractivity contribution in [3.8, 4) is 0 Å². The first-order valence-corrected chi connectivity index (χ1v) is 12.2. The molecular formula is C24H22ClN5O3S. The fourth-order valence-electron chi connectivity index (χ4n) is 4.47. The third-order valence-corrected chi connectivity index (χ3v) is 7.17. The van der Waals surface area contributed by atoms with E-state index in [1.54, 1.807) is 16.8 Å². The summed E-state index contributed by atoms with van der Waals surface area (Å²) in [5.41, 5.74) is 3.40. The molecule has 34 heavy (non-hydrogen) atoms. The van der Waals surface area contributed by atoms with Crippen molar-refractivity contribution in [1.82, 2.24) is 14.8 Å². The average Bonchev–Trinajstić information content (AvgIpc) is 3.19. The normalized spacial score (nSPS) is 18.8. The third kappa shape index (κ3) is 4.33. The summed E-state index contributed by atoms with van der Waals surface area (Å²) in [4.78, 5) is 28.4. The van der Waals surface area contributed by atoms with Gasteiger partial charge in [-0.1, -0.05) is 61.5 Å². The van der Waals surface area contributed by atoms with Crippen molar-refractivity contribution in [2.24, 2.45) is 5.41 Å². The highest BCUT2D eigenvalue weighted by atomic mass is 35.5. The van der Waals surface area contributed by atoms with Crippen LogP contribution in [0.3, 0.4) is 0 Å². The number of hydrogen-bond donors (Lipinski definition) is 1. The van der Waals surface area contributed by atoms with Gasteiger partial charge in [0.05, 0.1) is 4.92 Å². The molecule has 1 aliphatic carbocycles. The molecule has 2 aromatic carbocycles. The van der Waals surface area contributed by atoms with Crippen molar-refractivity contribution in [2.75, 3.05) is 5.32 Å². The molecular weight excluding hydrogens is 474 g/mol. The lowest BCUT2D eigenvalue weighted by atomic mass is 9.73. The Kier molecular flexibility index (Phi) is 5.69. The molecule has 2 aliphatic rings. The highest BCUT2D eigenvalue weighted by Crippen LogP contribution is 2.45. The first kappa shape index (κ1) is 22.6. The molecule has 1 aliphatic heterocycles. The van der Waals surface area contributed by atoms with E-state index in [2.05, 4.69) is 19.2 Å². The second-order valence-electron chi connectivity index (χ2n) is 9.29. The van der Waals surface area contributed by atoms with E-state index in [1.165, 1.54) is 23.9 Å². The number of allylic oxidation sites excluding steroid dienone is 2. The fraction of sp³-hybridized carbons (Fsp3) is 0.292. The molecule has 0 unspecified atom stereocenters. The summed E-state index contributed by atoms with van der Waals surface area (Å²) in [5, 5.41) is 20.2. The number of fused-ring (bicyclic) bond motifs is 1. The van der Waals surface area contributed by atoms with Crippen molar-refractivity contribution in [1.29, 1.82) is 0 Å². The number of rotatable bonds is 5. The lowest BCUT2D eigenvalue weighted by molar-refractivity contribution is -0.384. The van der Waals surface area contributed by atoms with Gasteiger partial charge in [-0.25, -0.2) is 4.68 Å². The van der Waals surface area contributed by atoms with E-state index in [-0.39, 0.29) is 22.9 Å². The Hall–Kier alpha value is -3.17. The zero-order valence-electron chi connectivity index (χ0n) is 18.6. The number of ketones is 1. The van der Waals surface area contributed by atoms with Crippen LogP contribution in [-0.2, 0) is 10.5 Å². The zero-order chi connectivity index (χ0) is 24.0. The van der Waals surface area contributed by atoms with E-state index in [4.69, 9.17) is 21.7 Å². The van der Waals surface area contributed by atoms with Gasteiger partial charge >= 0.3 is 0 Å². The van der Waals surface area contributed by atoms with Gasteiger partial charge in [-0.05, 0) is 35.1 Å². The molecule has 0 saturated heterocycles. The summed E-state index contributed by atoms with van der Waals surface area (Å²) in [7, 11) is 0. The molecule has 1 aromatic heterocycles. The number of benzene rings is 2. The van der Waals surface area contributed by atoms with Crippen molar-refractivity contribution < 1.29 is 9.72 Å². The van der Waals surface area contributed by atoms with Gasteiger partial charge in [0.15, 0.2) is 5.78 Å². The zero-order valence-corrected chi connectivity index (χ0v) is 20.2.